The van der Waals surface area contributed by atoms with Crippen molar-refractivity contribution >= 4 is 33.8 Å². The largest absolute Gasteiger partial charge is 0.508 e. The molecule has 0 fully saturated rings. The van der Waals surface area contributed by atoms with E-state index in [1.165, 1.54) is 11.3 Å². The normalized spacial score (nSPS) is 10.9. The Bertz CT molecular complexity index is 684. The number of aromatic hydroxyl groups is 1. The first-order valence-electron chi connectivity index (χ1n) is 4.79. The van der Waals surface area contributed by atoms with Crippen molar-refractivity contribution in [3.8, 4) is 16.5 Å². The molecule has 2 aromatic heterocycles. The van der Waals surface area contributed by atoms with Crippen molar-refractivity contribution in [2.75, 3.05) is 0 Å². The maximum absolute atomic E-state index is 9.39. The first kappa shape index (κ1) is 10.4. The fraction of sp³-hybridized carbons (Fsp3) is 0. The quantitative estimate of drug-likeness (QED) is 0.686. The summed E-state index contributed by atoms with van der Waals surface area (Å²) in [5.74, 6) is 0.698. The molecule has 4 nitrogen and oxygen atoms in total. The fourth-order valence-electron chi connectivity index (χ4n) is 1.52. The van der Waals surface area contributed by atoms with Crippen molar-refractivity contribution in [2.45, 2.75) is 0 Å². The number of hydrogen-bond acceptors (Lipinski definition) is 5. The number of rotatable bonds is 1. The standard InChI is InChI=1S/C11H6ClN3OS/c12-10-7-3-6(16)1-2-8(7)14-11(15-10)9-4-13-5-17-9/h1-5,16H. The van der Waals surface area contributed by atoms with Crippen molar-refractivity contribution in [3.63, 3.8) is 0 Å². The molecule has 2 heterocycles. The van der Waals surface area contributed by atoms with E-state index >= 15 is 0 Å². The second-order valence-electron chi connectivity index (χ2n) is 3.41. The number of phenols is 1. The number of fused-ring (bicyclic) bond motifs is 1. The third-order valence-electron chi connectivity index (χ3n) is 2.29. The number of thiazole rings is 1. The van der Waals surface area contributed by atoms with Crippen molar-refractivity contribution in [1.29, 1.82) is 0 Å². The van der Waals surface area contributed by atoms with Gasteiger partial charge in [0.15, 0.2) is 5.82 Å². The number of benzene rings is 1. The average Bonchev–Trinajstić information content (AvgIpc) is 2.83. The van der Waals surface area contributed by atoms with E-state index in [-0.39, 0.29) is 5.75 Å². The highest BCUT2D eigenvalue weighted by Crippen LogP contribution is 2.28. The molecule has 0 unspecified atom stereocenters. The number of hydrogen-bond donors (Lipinski definition) is 1. The zero-order valence-corrected chi connectivity index (χ0v) is 10.0. The number of nitrogens with zero attached hydrogens (tertiary/aromatic N) is 3. The van der Waals surface area contributed by atoms with Crippen LogP contribution in [0, 0.1) is 0 Å². The molecule has 6 heteroatoms. The van der Waals surface area contributed by atoms with Crippen molar-refractivity contribution in [1.82, 2.24) is 15.0 Å². The van der Waals surface area contributed by atoms with Gasteiger partial charge in [0, 0.05) is 11.6 Å². The summed E-state index contributed by atoms with van der Waals surface area (Å²) in [6.45, 7) is 0. The molecule has 0 radical (unpaired) electrons. The summed E-state index contributed by atoms with van der Waals surface area (Å²) in [5, 5.41) is 10.4. The van der Waals surface area contributed by atoms with Crippen LogP contribution in [0.5, 0.6) is 5.75 Å². The van der Waals surface area contributed by atoms with Gasteiger partial charge in [-0.25, -0.2) is 9.97 Å². The zero-order chi connectivity index (χ0) is 11.8. The minimum Gasteiger partial charge on any atom is -0.508 e. The average molecular weight is 264 g/mol. The lowest BCUT2D eigenvalue weighted by atomic mass is 10.2. The monoisotopic (exact) mass is 263 g/mol. The van der Waals surface area contributed by atoms with E-state index < -0.39 is 0 Å². The highest BCUT2D eigenvalue weighted by Gasteiger charge is 2.09. The molecule has 0 spiro atoms. The Morgan fingerprint density at radius 2 is 2.12 bits per heavy atom. The smallest absolute Gasteiger partial charge is 0.173 e. The molecule has 0 aliphatic heterocycles. The summed E-state index contributed by atoms with van der Waals surface area (Å²) < 4.78 is 0. The van der Waals surface area contributed by atoms with Gasteiger partial charge in [-0.05, 0) is 18.2 Å². The predicted molar refractivity (Wildman–Crippen MR) is 67.3 cm³/mol. The minimum atomic E-state index is 0.147. The minimum absolute atomic E-state index is 0.147. The van der Waals surface area contributed by atoms with Crippen LogP contribution in [0.3, 0.4) is 0 Å². The van der Waals surface area contributed by atoms with Crippen LogP contribution in [0.15, 0.2) is 29.9 Å². The van der Waals surface area contributed by atoms with Gasteiger partial charge < -0.3 is 5.11 Å². The van der Waals surface area contributed by atoms with Crippen LogP contribution in [0.2, 0.25) is 5.15 Å². The van der Waals surface area contributed by atoms with Crippen LogP contribution in [0.25, 0.3) is 21.6 Å². The maximum Gasteiger partial charge on any atom is 0.173 e. The van der Waals surface area contributed by atoms with Gasteiger partial charge in [-0.3, -0.25) is 4.98 Å². The summed E-state index contributed by atoms with van der Waals surface area (Å²) in [6, 6.07) is 4.83. The second-order valence-corrected chi connectivity index (χ2v) is 4.65. The van der Waals surface area contributed by atoms with E-state index in [0.29, 0.717) is 21.9 Å². The Balaban J connectivity index is 2.28. The van der Waals surface area contributed by atoms with Crippen LogP contribution in [-0.2, 0) is 0 Å². The maximum atomic E-state index is 9.39. The third-order valence-corrected chi connectivity index (χ3v) is 3.34. The highest BCUT2D eigenvalue weighted by atomic mass is 35.5. The van der Waals surface area contributed by atoms with E-state index in [2.05, 4.69) is 15.0 Å². The molecule has 84 valence electrons. The fourth-order valence-corrected chi connectivity index (χ4v) is 2.30. The Labute approximate surface area is 106 Å². The highest BCUT2D eigenvalue weighted by molar-refractivity contribution is 7.13. The van der Waals surface area contributed by atoms with Crippen LogP contribution < -0.4 is 0 Å². The SMILES string of the molecule is Oc1ccc2nc(-c3cncs3)nc(Cl)c2c1. The lowest BCUT2D eigenvalue weighted by Gasteiger charge is -2.02. The number of phenolic OH excluding ortho intramolecular Hbond substituents is 1. The summed E-state index contributed by atoms with van der Waals surface area (Å²) in [4.78, 5) is 13.4. The van der Waals surface area contributed by atoms with E-state index in [1.54, 1.807) is 29.9 Å². The molecule has 1 N–H and O–H groups in total. The van der Waals surface area contributed by atoms with Crippen molar-refractivity contribution in [2.24, 2.45) is 0 Å². The molecule has 0 amide bonds. The summed E-state index contributed by atoms with van der Waals surface area (Å²) in [6.07, 6.45) is 1.70. The van der Waals surface area contributed by atoms with Gasteiger partial charge in [-0.2, -0.15) is 0 Å². The topological polar surface area (TPSA) is 58.9 Å². The summed E-state index contributed by atoms with van der Waals surface area (Å²) in [5.41, 5.74) is 2.42. The molecule has 0 aliphatic rings. The lowest BCUT2D eigenvalue weighted by Crippen LogP contribution is -1.90. The van der Waals surface area contributed by atoms with Crippen LogP contribution in [-0.4, -0.2) is 20.1 Å². The first-order chi connectivity index (χ1) is 8.24. The van der Waals surface area contributed by atoms with Gasteiger partial charge in [0.25, 0.3) is 0 Å². The molecule has 0 saturated heterocycles. The second kappa shape index (κ2) is 3.94. The number of halogens is 1. The molecule has 0 bridgehead atoms. The van der Waals surface area contributed by atoms with Gasteiger partial charge in [0.1, 0.15) is 10.9 Å². The van der Waals surface area contributed by atoms with Crippen molar-refractivity contribution < 1.29 is 5.11 Å². The van der Waals surface area contributed by atoms with Gasteiger partial charge in [0.2, 0.25) is 0 Å². The molecule has 1 aromatic carbocycles. The Hall–Kier alpha value is -1.72. The zero-order valence-electron chi connectivity index (χ0n) is 8.46. The van der Waals surface area contributed by atoms with Gasteiger partial charge >= 0.3 is 0 Å². The Kier molecular flexibility index (Phi) is 2.42. The van der Waals surface area contributed by atoms with E-state index in [1.807, 2.05) is 0 Å². The summed E-state index contributed by atoms with van der Waals surface area (Å²) >= 11 is 7.53. The van der Waals surface area contributed by atoms with Crippen LogP contribution in [0.4, 0.5) is 0 Å². The Morgan fingerprint density at radius 3 is 2.88 bits per heavy atom. The molecule has 17 heavy (non-hydrogen) atoms. The molecule has 3 rings (SSSR count). The van der Waals surface area contributed by atoms with Gasteiger partial charge in [0.05, 0.1) is 15.9 Å². The molecule has 0 atom stereocenters. The van der Waals surface area contributed by atoms with Crippen LogP contribution >= 0.6 is 22.9 Å². The molecular formula is C11H6ClN3OS. The first-order valence-corrected chi connectivity index (χ1v) is 6.05. The predicted octanol–water partition coefficient (Wildman–Crippen LogP) is 3.11. The molecule has 3 aromatic rings. The summed E-state index contributed by atoms with van der Waals surface area (Å²) in [7, 11) is 0. The number of aromatic nitrogens is 3. The Morgan fingerprint density at radius 1 is 1.24 bits per heavy atom. The van der Waals surface area contributed by atoms with Crippen molar-refractivity contribution in [3.05, 3.63) is 35.1 Å². The van der Waals surface area contributed by atoms with Gasteiger partial charge in [-0.1, -0.05) is 11.6 Å². The van der Waals surface area contributed by atoms with E-state index in [9.17, 15) is 5.11 Å². The third kappa shape index (κ3) is 1.83. The van der Waals surface area contributed by atoms with Gasteiger partial charge in [-0.15, -0.1) is 11.3 Å². The lowest BCUT2D eigenvalue weighted by molar-refractivity contribution is 0.476. The molecule has 0 aliphatic carbocycles. The van der Waals surface area contributed by atoms with E-state index in [4.69, 9.17) is 11.6 Å². The molecular weight excluding hydrogens is 258 g/mol. The van der Waals surface area contributed by atoms with E-state index in [0.717, 1.165) is 4.88 Å². The van der Waals surface area contributed by atoms with Crippen LogP contribution in [0.1, 0.15) is 0 Å². The molecule has 0 saturated carbocycles.